The molecular formula is C17H17BrN6S. The molecular weight excluding hydrogens is 400 g/mol. The van der Waals surface area contributed by atoms with Crippen LogP contribution < -0.4 is 5.32 Å². The second kappa shape index (κ2) is 7.87. The molecule has 1 N–H and O–H groups in total. The maximum absolute atomic E-state index is 9.73. The zero-order chi connectivity index (χ0) is 17.8. The summed E-state index contributed by atoms with van der Waals surface area (Å²) in [6.07, 6.45) is 1.68. The molecule has 0 aliphatic rings. The second-order valence-electron chi connectivity index (χ2n) is 5.74. The van der Waals surface area contributed by atoms with E-state index in [2.05, 4.69) is 47.2 Å². The molecule has 3 aromatic rings. The third-order valence-electron chi connectivity index (χ3n) is 3.57. The van der Waals surface area contributed by atoms with Crippen molar-refractivity contribution in [2.24, 2.45) is 0 Å². The minimum atomic E-state index is -0.538. The molecule has 1 atom stereocenters. The molecule has 0 radical (unpaired) electrons. The van der Waals surface area contributed by atoms with Gasteiger partial charge in [0.1, 0.15) is 10.9 Å². The predicted molar refractivity (Wildman–Crippen MR) is 104 cm³/mol. The molecule has 25 heavy (non-hydrogen) atoms. The van der Waals surface area contributed by atoms with Crippen LogP contribution in [-0.2, 0) is 0 Å². The molecule has 0 saturated heterocycles. The van der Waals surface area contributed by atoms with E-state index in [1.54, 1.807) is 6.20 Å². The van der Waals surface area contributed by atoms with Crippen molar-refractivity contribution in [3.63, 3.8) is 0 Å². The topological polar surface area (TPSA) is 77.7 Å². The maximum Gasteiger partial charge on any atom is 0.223 e. The number of para-hydroxylation sites is 1. The van der Waals surface area contributed by atoms with E-state index in [4.69, 9.17) is 0 Å². The number of anilines is 1. The van der Waals surface area contributed by atoms with Crippen molar-refractivity contribution in [3.05, 3.63) is 45.6 Å². The largest absolute Gasteiger partial charge is 0.353 e. The van der Waals surface area contributed by atoms with E-state index in [9.17, 15) is 5.26 Å². The normalized spacial score (nSPS) is 12.3. The predicted octanol–water partition coefficient (Wildman–Crippen LogP) is 3.48. The number of rotatable bonds is 6. The van der Waals surface area contributed by atoms with Crippen molar-refractivity contribution in [2.45, 2.75) is 5.92 Å². The third kappa shape index (κ3) is 4.12. The van der Waals surface area contributed by atoms with Gasteiger partial charge in [-0.05, 0) is 42.2 Å². The quantitative estimate of drug-likeness (QED) is 0.662. The van der Waals surface area contributed by atoms with Crippen LogP contribution in [0.1, 0.15) is 16.6 Å². The number of benzene rings is 1. The summed E-state index contributed by atoms with van der Waals surface area (Å²) in [5.74, 6) is -0.0226. The molecule has 0 bridgehead atoms. The second-order valence-corrected chi connectivity index (χ2v) is 7.66. The van der Waals surface area contributed by atoms with Gasteiger partial charge in [0, 0.05) is 19.3 Å². The van der Waals surface area contributed by atoms with Crippen molar-refractivity contribution in [3.8, 4) is 6.07 Å². The first-order chi connectivity index (χ1) is 12.1. The van der Waals surface area contributed by atoms with Crippen molar-refractivity contribution in [1.82, 2.24) is 19.9 Å². The average Bonchev–Trinajstić information content (AvgIpc) is 3.01. The Morgan fingerprint density at radius 1 is 1.32 bits per heavy atom. The van der Waals surface area contributed by atoms with Gasteiger partial charge in [0.15, 0.2) is 0 Å². The van der Waals surface area contributed by atoms with Crippen LogP contribution in [0, 0.1) is 11.3 Å². The standard InChI is InChI=1S/C17H17BrN6S/c1-24(2)8-7-20-17-21-10-12(18)15(23-17)11(9-19)16-22-13-5-3-4-6-14(13)25-16/h3-6,10-11H,7-8H2,1-2H3,(H,20,21,23). The van der Waals surface area contributed by atoms with E-state index in [0.29, 0.717) is 16.1 Å². The number of likely N-dealkylation sites (N-methyl/N-ethyl adjacent to an activating group) is 1. The highest BCUT2D eigenvalue weighted by atomic mass is 79.9. The fourth-order valence-electron chi connectivity index (χ4n) is 2.31. The molecule has 0 aliphatic carbocycles. The van der Waals surface area contributed by atoms with Gasteiger partial charge in [0.2, 0.25) is 5.95 Å². The highest BCUT2D eigenvalue weighted by molar-refractivity contribution is 9.10. The summed E-state index contributed by atoms with van der Waals surface area (Å²) in [4.78, 5) is 15.5. The van der Waals surface area contributed by atoms with E-state index >= 15 is 0 Å². The van der Waals surface area contributed by atoms with Gasteiger partial charge in [0.05, 0.1) is 26.5 Å². The van der Waals surface area contributed by atoms with Gasteiger partial charge >= 0.3 is 0 Å². The Morgan fingerprint density at radius 3 is 2.84 bits per heavy atom. The number of nitrogens with zero attached hydrogens (tertiary/aromatic N) is 5. The zero-order valence-electron chi connectivity index (χ0n) is 13.9. The van der Waals surface area contributed by atoms with Crippen molar-refractivity contribution in [1.29, 1.82) is 5.26 Å². The summed E-state index contributed by atoms with van der Waals surface area (Å²) >= 11 is 4.99. The lowest BCUT2D eigenvalue weighted by molar-refractivity contribution is 0.425. The lowest BCUT2D eigenvalue weighted by atomic mass is 10.1. The Morgan fingerprint density at radius 2 is 2.12 bits per heavy atom. The monoisotopic (exact) mass is 416 g/mol. The summed E-state index contributed by atoms with van der Waals surface area (Å²) < 4.78 is 1.77. The van der Waals surface area contributed by atoms with Crippen LogP contribution in [-0.4, -0.2) is 47.0 Å². The Bertz CT molecular complexity index is 884. The van der Waals surface area contributed by atoms with Crippen LogP contribution in [0.2, 0.25) is 0 Å². The number of hydrogen-bond acceptors (Lipinski definition) is 7. The molecule has 2 heterocycles. The van der Waals surface area contributed by atoms with Crippen LogP contribution in [0.5, 0.6) is 0 Å². The van der Waals surface area contributed by atoms with Crippen LogP contribution in [0.3, 0.4) is 0 Å². The first-order valence-electron chi connectivity index (χ1n) is 7.74. The lowest BCUT2D eigenvalue weighted by Crippen LogP contribution is -2.21. The molecule has 8 heteroatoms. The van der Waals surface area contributed by atoms with Gasteiger partial charge in [-0.15, -0.1) is 11.3 Å². The SMILES string of the molecule is CN(C)CCNc1ncc(Br)c(C(C#N)c2nc3ccccc3s2)n1. The van der Waals surface area contributed by atoms with E-state index in [0.717, 1.165) is 28.3 Å². The summed E-state index contributed by atoms with van der Waals surface area (Å²) in [7, 11) is 4.02. The van der Waals surface area contributed by atoms with E-state index in [1.165, 1.54) is 11.3 Å². The number of hydrogen-bond donors (Lipinski definition) is 1. The maximum atomic E-state index is 9.73. The number of thiazole rings is 1. The van der Waals surface area contributed by atoms with Gasteiger partial charge in [-0.25, -0.2) is 15.0 Å². The van der Waals surface area contributed by atoms with Crippen molar-refractivity contribution in [2.75, 3.05) is 32.5 Å². The van der Waals surface area contributed by atoms with Gasteiger partial charge in [-0.3, -0.25) is 0 Å². The fourth-order valence-corrected chi connectivity index (χ4v) is 3.74. The van der Waals surface area contributed by atoms with Crippen molar-refractivity contribution >= 4 is 43.4 Å². The van der Waals surface area contributed by atoms with Gasteiger partial charge < -0.3 is 10.2 Å². The minimum absolute atomic E-state index is 0.515. The first-order valence-corrected chi connectivity index (χ1v) is 9.35. The lowest BCUT2D eigenvalue weighted by Gasteiger charge is -2.12. The fraction of sp³-hybridized carbons (Fsp3) is 0.294. The summed E-state index contributed by atoms with van der Waals surface area (Å²) in [5, 5.41) is 13.7. The zero-order valence-corrected chi connectivity index (χ0v) is 16.3. The molecule has 0 saturated carbocycles. The molecule has 0 fully saturated rings. The molecule has 1 aromatic carbocycles. The minimum Gasteiger partial charge on any atom is -0.353 e. The molecule has 2 aromatic heterocycles. The number of halogens is 1. The number of aromatic nitrogens is 3. The van der Waals surface area contributed by atoms with Crippen LogP contribution in [0.4, 0.5) is 5.95 Å². The molecule has 0 aliphatic heterocycles. The summed E-state index contributed by atoms with van der Waals surface area (Å²) in [6.45, 7) is 1.60. The highest BCUT2D eigenvalue weighted by Crippen LogP contribution is 2.33. The van der Waals surface area contributed by atoms with Gasteiger partial charge in [0.25, 0.3) is 0 Å². The summed E-state index contributed by atoms with van der Waals surface area (Å²) in [5.41, 5.74) is 1.53. The number of nitrogens with one attached hydrogen (secondary N) is 1. The Balaban J connectivity index is 1.90. The molecule has 6 nitrogen and oxygen atoms in total. The molecule has 0 amide bonds. The van der Waals surface area contributed by atoms with Crippen LogP contribution >= 0.6 is 27.3 Å². The van der Waals surface area contributed by atoms with E-state index in [-0.39, 0.29) is 0 Å². The molecule has 0 spiro atoms. The molecule has 3 rings (SSSR count). The third-order valence-corrected chi connectivity index (χ3v) is 5.29. The smallest absolute Gasteiger partial charge is 0.223 e. The molecule has 128 valence electrons. The van der Waals surface area contributed by atoms with Gasteiger partial charge in [-0.1, -0.05) is 12.1 Å². The first kappa shape index (κ1) is 17.7. The van der Waals surface area contributed by atoms with Crippen molar-refractivity contribution < 1.29 is 0 Å². The average molecular weight is 417 g/mol. The highest BCUT2D eigenvalue weighted by Gasteiger charge is 2.23. The number of nitriles is 1. The summed E-state index contributed by atoms with van der Waals surface area (Å²) in [6, 6.07) is 10.2. The Kier molecular flexibility index (Phi) is 5.58. The van der Waals surface area contributed by atoms with Crippen LogP contribution in [0.25, 0.3) is 10.2 Å². The van der Waals surface area contributed by atoms with Gasteiger partial charge in [-0.2, -0.15) is 5.26 Å². The Labute approximate surface area is 158 Å². The Hall–Kier alpha value is -2.08. The molecule has 1 unspecified atom stereocenters. The number of fused-ring (bicyclic) bond motifs is 1. The van der Waals surface area contributed by atoms with E-state index < -0.39 is 5.92 Å². The van der Waals surface area contributed by atoms with Crippen LogP contribution in [0.15, 0.2) is 34.9 Å². The van der Waals surface area contributed by atoms with E-state index in [1.807, 2.05) is 38.4 Å².